The van der Waals surface area contributed by atoms with Crippen LogP contribution in [0.3, 0.4) is 0 Å². The number of ether oxygens (including phenoxy) is 3. The molecular formula is C16H20N2O4S. The fourth-order valence-electron chi connectivity index (χ4n) is 1.95. The highest BCUT2D eigenvalue weighted by atomic mass is 32.2. The highest BCUT2D eigenvalue weighted by Gasteiger charge is 2.21. The predicted molar refractivity (Wildman–Crippen MR) is 86.4 cm³/mol. The summed E-state index contributed by atoms with van der Waals surface area (Å²) in [5.41, 5.74) is -0.117. The van der Waals surface area contributed by atoms with Crippen molar-refractivity contribution in [2.75, 3.05) is 19.2 Å². The fraction of sp³-hybridized carbons (Fsp3) is 0.500. The average molecular weight is 336 g/mol. The van der Waals surface area contributed by atoms with Crippen LogP contribution in [0.4, 0.5) is 0 Å². The molecule has 2 heterocycles. The van der Waals surface area contributed by atoms with Crippen molar-refractivity contribution in [3.63, 3.8) is 0 Å². The van der Waals surface area contributed by atoms with E-state index in [1.54, 1.807) is 11.8 Å². The van der Waals surface area contributed by atoms with Gasteiger partial charge >= 0.3 is 0 Å². The van der Waals surface area contributed by atoms with E-state index in [9.17, 15) is 0 Å². The maximum atomic E-state index is 5.71. The van der Waals surface area contributed by atoms with Gasteiger partial charge in [-0.1, -0.05) is 32.5 Å². The Morgan fingerprint density at radius 1 is 1.17 bits per heavy atom. The summed E-state index contributed by atoms with van der Waals surface area (Å²) in [5, 5.41) is 8.73. The van der Waals surface area contributed by atoms with Gasteiger partial charge in [0, 0.05) is 17.2 Å². The molecule has 1 aromatic heterocycles. The zero-order valence-corrected chi connectivity index (χ0v) is 14.3. The van der Waals surface area contributed by atoms with Gasteiger partial charge in [0.15, 0.2) is 11.5 Å². The first-order chi connectivity index (χ1) is 11.0. The highest BCUT2D eigenvalue weighted by Crippen LogP contribution is 2.35. The monoisotopic (exact) mass is 336 g/mol. The largest absolute Gasteiger partial charge is 0.493 e. The molecule has 0 saturated carbocycles. The summed E-state index contributed by atoms with van der Waals surface area (Å²) in [6, 6.07) is 5.59. The van der Waals surface area contributed by atoms with Crippen LogP contribution in [-0.4, -0.2) is 29.4 Å². The molecule has 3 rings (SSSR count). The first kappa shape index (κ1) is 16.0. The molecule has 2 aromatic rings. The molecule has 1 aliphatic rings. The maximum Gasteiger partial charge on any atom is 0.276 e. The SMILES string of the molecule is CC(C)(C)c1nnc(SCCCOc2ccc3c(c2)OCO3)o1. The first-order valence-electron chi connectivity index (χ1n) is 7.51. The lowest BCUT2D eigenvalue weighted by molar-refractivity contribution is 0.173. The van der Waals surface area contributed by atoms with Crippen LogP contribution < -0.4 is 14.2 Å². The van der Waals surface area contributed by atoms with Gasteiger partial charge in [0.05, 0.1) is 6.61 Å². The van der Waals surface area contributed by atoms with E-state index in [0.717, 1.165) is 29.4 Å². The van der Waals surface area contributed by atoms with Crippen molar-refractivity contribution in [3.8, 4) is 17.2 Å². The molecule has 0 spiro atoms. The normalized spacial score (nSPS) is 13.3. The Balaban J connectivity index is 1.39. The summed E-state index contributed by atoms with van der Waals surface area (Å²) < 4.78 is 21.9. The maximum absolute atomic E-state index is 5.71. The topological polar surface area (TPSA) is 66.6 Å². The van der Waals surface area contributed by atoms with Gasteiger partial charge in [0.25, 0.3) is 5.22 Å². The Morgan fingerprint density at radius 2 is 2.00 bits per heavy atom. The summed E-state index contributed by atoms with van der Waals surface area (Å²) in [6.07, 6.45) is 0.881. The van der Waals surface area contributed by atoms with E-state index in [0.29, 0.717) is 17.7 Å². The second-order valence-electron chi connectivity index (χ2n) is 6.19. The lowest BCUT2D eigenvalue weighted by atomic mass is 9.97. The molecule has 124 valence electrons. The Morgan fingerprint density at radius 3 is 2.78 bits per heavy atom. The van der Waals surface area contributed by atoms with Crippen LogP contribution in [0.2, 0.25) is 0 Å². The van der Waals surface area contributed by atoms with Gasteiger partial charge in [-0.3, -0.25) is 0 Å². The van der Waals surface area contributed by atoms with E-state index >= 15 is 0 Å². The molecule has 6 nitrogen and oxygen atoms in total. The van der Waals surface area contributed by atoms with Gasteiger partial charge in [-0.25, -0.2) is 0 Å². The van der Waals surface area contributed by atoms with Crippen molar-refractivity contribution in [1.29, 1.82) is 0 Å². The minimum Gasteiger partial charge on any atom is -0.493 e. The number of hydrogen-bond donors (Lipinski definition) is 0. The Bertz CT molecular complexity index is 666. The van der Waals surface area contributed by atoms with Crippen LogP contribution in [0.15, 0.2) is 27.8 Å². The second kappa shape index (κ2) is 6.70. The molecule has 0 radical (unpaired) electrons. The third kappa shape index (κ3) is 4.10. The van der Waals surface area contributed by atoms with E-state index in [1.807, 2.05) is 39.0 Å². The average Bonchev–Trinajstić information content (AvgIpc) is 3.14. The molecule has 1 aliphatic heterocycles. The van der Waals surface area contributed by atoms with Gasteiger partial charge < -0.3 is 18.6 Å². The Labute approximate surface area is 139 Å². The lowest BCUT2D eigenvalue weighted by Crippen LogP contribution is -2.11. The zero-order chi connectivity index (χ0) is 16.3. The van der Waals surface area contributed by atoms with Crippen LogP contribution in [0, 0.1) is 0 Å². The van der Waals surface area contributed by atoms with Gasteiger partial charge in [0.1, 0.15) is 5.75 Å². The van der Waals surface area contributed by atoms with Crippen LogP contribution in [0.25, 0.3) is 0 Å². The first-order valence-corrected chi connectivity index (χ1v) is 8.50. The van der Waals surface area contributed by atoms with E-state index in [1.165, 1.54) is 0 Å². The molecule has 0 amide bonds. The minimum absolute atomic E-state index is 0.117. The number of fused-ring (bicyclic) bond motifs is 1. The quantitative estimate of drug-likeness (QED) is 0.589. The van der Waals surface area contributed by atoms with Crippen LogP contribution >= 0.6 is 11.8 Å². The van der Waals surface area contributed by atoms with E-state index < -0.39 is 0 Å². The van der Waals surface area contributed by atoms with Gasteiger partial charge in [-0.15, -0.1) is 10.2 Å². The standard InChI is InChI=1S/C16H20N2O4S/c1-16(2,3)14-17-18-15(22-14)23-8-4-7-19-11-5-6-12-13(9-11)21-10-20-12/h5-6,9H,4,7-8,10H2,1-3H3. The Hall–Kier alpha value is -1.89. The number of benzene rings is 1. The third-order valence-corrected chi connectivity index (χ3v) is 4.08. The molecular weight excluding hydrogens is 316 g/mol. The van der Waals surface area contributed by atoms with Crippen molar-refractivity contribution >= 4 is 11.8 Å². The minimum atomic E-state index is -0.117. The van der Waals surface area contributed by atoms with Crippen molar-refractivity contribution in [2.45, 2.75) is 37.8 Å². The number of nitrogens with zero attached hydrogens (tertiary/aromatic N) is 2. The smallest absolute Gasteiger partial charge is 0.276 e. The molecule has 0 N–H and O–H groups in total. The summed E-state index contributed by atoms with van der Waals surface area (Å²) in [6.45, 7) is 7.04. The molecule has 0 saturated heterocycles. The molecule has 1 aromatic carbocycles. The van der Waals surface area contributed by atoms with E-state index in [2.05, 4.69) is 10.2 Å². The van der Waals surface area contributed by atoms with Gasteiger partial charge in [-0.05, 0) is 18.6 Å². The number of thioether (sulfide) groups is 1. The van der Waals surface area contributed by atoms with Crippen molar-refractivity contribution in [1.82, 2.24) is 10.2 Å². The van der Waals surface area contributed by atoms with Crippen LogP contribution in [-0.2, 0) is 5.41 Å². The van der Waals surface area contributed by atoms with Gasteiger partial charge in [-0.2, -0.15) is 0 Å². The molecule has 0 atom stereocenters. The molecule has 23 heavy (non-hydrogen) atoms. The molecule has 0 unspecified atom stereocenters. The van der Waals surface area contributed by atoms with E-state index in [-0.39, 0.29) is 12.2 Å². The highest BCUT2D eigenvalue weighted by molar-refractivity contribution is 7.99. The summed E-state index contributed by atoms with van der Waals surface area (Å²) in [4.78, 5) is 0. The predicted octanol–water partition coefficient (Wildman–Crippen LogP) is 3.66. The lowest BCUT2D eigenvalue weighted by Gasteiger charge is -2.10. The molecule has 0 aliphatic carbocycles. The van der Waals surface area contributed by atoms with Gasteiger partial charge in [0.2, 0.25) is 12.7 Å². The summed E-state index contributed by atoms with van der Waals surface area (Å²) in [7, 11) is 0. The fourth-order valence-corrected chi connectivity index (χ4v) is 2.62. The summed E-state index contributed by atoms with van der Waals surface area (Å²) in [5.74, 6) is 3.80. The van der Waals surface area contributed by atoms with Crippen molar-refractivity contribution in [2.24, 2.45) is 0 Å². The molecule has 0 fully saturated rings. The number of hydrogen-bond acceptors (Lipinski definition) is 7. The van der Waals surface area contributed by atoms with E-state index in [4.69, 9.17) is 18.6 Å². The number of aromatic nitrogens is 2. The Kier molecular flexibility index (Phi) is 4.66. The van der Waals surface area contributed by atoms with Crippen molar-refractivity contribution < 1.29 is 18.6 Å². The molecule has 7 heteroatoms. The van der Waals surface area contributed by atoms with Crippen LogP contribution in [0.5, 0.6) is 17.2 Å². The van der Waals surface area contributed by atoms with Crippen LogP contribution in [0.1, 0.15) is 33.1 Å². The molecule has 0 bridgehead atoms. The second-order valence-corrected chi connectivity index (χ2v) is 7.23. The summed E-state index contributed by atoms with van der Waals surface area (Å²) >= 11 is 1.55. The van der Waals surface area contributed by atoms with Crippen molar-refractivity contribution in [3.05, 3.63) is 24.1 Å². The third-order valence-electron chi connectivity index (χ3n) is 3.18. The number of rotatable bonds is 6. The zero-order valence-electron chi connectivity index (χ0n) is 13.5.